The van der Waals surface area contributed by atoms with Crippen molar-refractivity contribution in [3.63, 3.8) is 0 Å². The molecule has 0 aromatic carbocycles. The monoisotopic (exact) mass is 154 g/mol. The maximum absolute atomic E-state index is 11.0. The molecule has 0 radical (unpaired) electrons. The van der Waals surface area contributed by atoms with Crippen molar-refractivity contribution in [2.75, 3.05) is 7.05 Å². The second-order valence-electron chi connectivity index (χ2n) is 2.46. The molecular weight excluding hydrogens is 140 g/mol. The number of hydrogen-bond donors (Lipinski definition) is 1. The van der Waals surface area contributed by atoms with Crippen molar-refractivity contribution >= 4 is 11.7 Å². The summed E-state index contributed by atoms with van der Waals surface area (Å²) < 4.78 is 0. The van der Waals surface area contributed by atoms with Gasteiger partial charge in [-0.25, -0.2) is 0 Å². The number of amidine groups is 1. The molecule has 0 saturated heterocycles. The smallest absolute Gasteiger partial charge is 0.228 e. The van der Waals surface area contributed by atoms with Crippen LogP contribution in [0.15, 0.2) is 17.6 Å². The summed E-state index contributed by atoms with van der Waals surface area (Å²) >= 11 is 0. The fourth-order valence-corrected chi connectivity index (χ4v) is 0.469. The molecule has 1 amide bonds. The first-order valence-corrected chi connectivity index (χ1v) is 3.52. The molecule has 0 atom stereocenters. The average Bonchev–Trinajstić information content (AvgIpc) is 1.99. The lowest BCUT2D eigenvalue weighted by Crippen LogP contribution is -2.32. The van der Waals surface area contributed by atoms with Gasteiger partial charge in [-0.2, -0.15) is 0 Å². The maximum Gasteiger partial charge on any atom is 0.228 e. The highest BCUT2D eigenvalue weighted by atomic mass is 16.1. The van der Waals surface area contributed by atoms with Crippen LogP contribution in [0.1, 0.15) is 13.8 Å². The highest BCUT2D eigenvalue weighted by Crippen LogP contribution is 1.90. The average molecular weight is 154 g/mol. The van der Waals surface area contributed by atoms with Crippen LogP contribution in [-0.4, -0.2) is 18.8 Å². The van der Waals surface area contributed by atoms with Crippen LogP contribution in [0, 0.1) is 5.92 Å². The number of nitrogens with zero attached hydrogens (tertiary/aromatic N) is 1. The third-order valence-electron chi connectivity index (χ3n) is 1.21. The van der Waals surface area contributed by atoms with E-state index in [1.54, 1.807) is 7.05 Å². The van der Waals surface area contributed by atoms with Gasteiger partial charge in [0.1, 0.15) is 5.84 Å². The van der Waals surface area contributed by atoms with Crippen LogP contribution in [-0.2, 0) is 4.79 Å². The molecule has 0 spiro atoms. The zero-order valence-electron chi connectivity index (χ0n) is 7.22. The second-order valence-corrected chi connectivity index (χ2v) is 2.46. The molecule has 0 aliphatic rings. The zero-order chi connectivity index (χ0) is 8.85. The van der Waals surface area contributed by atoms with E-state index in [0.29, 0.717) is 5.84 Å². The Hall–Kier alpha value is -1.12. The van der Waals surface area contributed by atoms with Gasteiger partial charge in [-0.15, -0.1) is 0 Å². The quantitative estimate of drug-likeness (QED) is 0.467. The third-order valence-corrected chi connectivity index (χ3v) is 1.21. The number of carbonyl (C=O) groups is 1. The molecule has 0 unspecified atom stereocenters. The summed E-state index contributed by atoms with van der Waals surface area (Å²) in [4.78, 5) is 14.8. The van der Waals surface area contributed by atoms with Crippen LogP contribution in [0.3, 0.4) is 0 Å². The molecule has 11 heavy (non-hydrogen) atoms. The van der Waals surface area contributed by atoms with Gasteiger partial charge in [0, 0.05) is 13.0 Å². The number of nitrogens with one attached hydrogen (secondary N) is 1. The van der Waals surface area contributed by atoms with E-state index in [1.165, 1.54) is 6.08 Å². The zero-order valence-corrected chi connectivity index (χ0v) is 7.22. The lowest BCUT2D eigenvalue weighted by atomic mass is 10.2. The SMILES string of the molecule is C=CC(=NC)NC(=O)C(C)C. The highest BCUT2D eigenvalue weighted by Gasteiger charge is 2.06. The number of rotatable bonds is 2. The van der Waals surface area contributed by atoms with Gasteiger partial charge in [-0.3, -0.25) is 9.79 Å². The largest absolute Gasteiger partial charge is 0.311 e. The molecule has 0 fully saturated rings. The lowest BCUT2D eigenvalue weighted by Gasteiger charge is -2.05. The van der Waals surface area contributed by atoms with Gasteiger partial charge in [-0.05, 0) is 6.08 Å². The summed E-state index contributed by atoms with van der Waals surface area (Å²) in [5.41, 5.74) is 0. The number of carbonyl (C=O) groups excluding carboxylic acids is 1. The molecule has 0 saturated carbocycles. The van der Waals surface area contributed by atoms with Crippen molar-refractivity contribution in [2.45, 2.75) is 13.8 Å². The molecule has 0 aromatic rings. The van der Waals surface area contributed by atoms with Crippen molar-refractivity contribution in [3.8, 4) is 0 Å². The van der Waals surface area contributed by atoms with E-state index in [9.17, 15) is 4.79 Å². The third kappa shape index (κ3) is 3.55. The summed E-state index contributed by atoms with van der Waals surface area (Å²) in [6.07, 6.45) is 1.51. The van der Waals surface area contributed by atoms with Crippen LogP contribution >= 0.6 is 0 Å². The van der Waals surface area contributed by atoms with Gasteiger partial charge >= 0.3 is 0 Å². The van der Waals surface area contributed by atoms with E-state index in [4.69, 9.17) is 0 Å². The van der Waals surface area contributed by atoms with Gasteiger partial charge in [0.2, 0.25) is 5.91 Å². The molecule has 0 rings (SSSR count). The molecule has 1 N–H and O–H groups in total. The molecular formula is C8H14N2O. The molecule has 62 valence electrons. The minimum Gasteiger partial charge on any atom is -0.311 e. The summed E-state index contributed by atoms with van der Waals surface area (Å²) in [5, 5.41) is 2.61. The van der Waals surface area contributed by atoms with Crippen molar-refractivity contribution in [3.05, 3.63) is 12.7 Å². The van der Waals surface area contributed by atoms with Crippen molar-refractivity contribution in [2.24, 2.45) is 10.9 Å². The van der Waals surface area contributed by atoms with E-state index >= 15 is 0 Å². The van der Waals surface area contributed by atoms with Gasteiger partial charge in [0.15, 0.2) is 0 Å². The van der Waals surface area contributed by atoms with E-state index < -0.39 is 0 Å². The molecule has 0 heterocycles. The van der Waals surface area contributed by atoms with Crippen LogP contribution in [0.2, 0.25) is 0 Å². The Balaban J connectivity index is 4.03. The summed E-state index contributed by atoms with van der Waals surface area (Å²) in [6, 6.07) is 0. The number of amides is 1. The molecule has 3 heteroatoms. The van der Waals surface area contributed by atoms with Crippen LogP contribution in [0.25, 0.3) is 0 Å². The fourth-order valence-electron chi connectivity index (χ4n) is 0.469. The van der Waals surface area contributed by atoms with E-state index in [0.717, 1.165) is 0 Å². The standard InChI is InChI=1S/C8H14N2O/c1-5-7(9-4)10-8(11)6(2)3/h5-6H,1H2,2-4H3,(H,9,10,11). The molecule has 0 bridgehead atoms. The number of hydrogen-bond acceptors (Lipinski definition) is 2. The Kier molecular flexibility index (Phi) is 4.18. The minimum atomic E-state index is -0.0366. The number of aliphatic imine (C=N–C) groups is 1. The summed E-state index contributed by atoms with van der Waals surface area (Å²) in [5.74, 6) is 0.459. The first-order valence-electron chi connectivity index (χ1n) is 3.52. The maximum atomic E-state index is 11.0. The molecule has 0 aromatic heterocycles. The topological polar surface area (TPSA) is 41.5 Å². The van der Waals surface area contributed by atoms with Crippen molar-refractivity contribution in [1.82, 2.24) is 5.32 Å². The van der Waals surface area contributed by atoms with Crippen LogP contribution in [0.5, 0.6) is 0 Å². The predicted molar refractivity (Wildman–Crippen MR) is 46.5 cm³/mol. The van der Waals surface area contributed by atoms with E-state index in [2.05, 4.69) is 16.9 Å². The lowest BCUT2D eigenvalue weighted by molar-refractivity contribution is -0.122. The molecule has 0 aliphatic heterocycles. The Morgan fingerprint density at radius 1 is 1.64 bits per heavy atom. The Bertz CT molecular complexity index is 183. The van der Waals surface area contributed by atoms with Crippen LogP contribution < -0.4 is 5.32 Å². The highest BCUT2D eigenvalue weighted by molar-refractivity contribution is 6.04. The van der Waals surface area contributed by atoms with E-state index in [-0.39, 0.29) is 11.8 Å². The van der Waals surface area contributed by atoms with E-state index in [1.807, 2.05) is 13.8 Å². The molecule has 0 aliphatic carbocycles. The van der Waals surface area contributed by atoms with Gasteiger partial charge in [0.05, 0.1) is 0 Å². The van der Waals surface area contributed by atoms with Gasteiger partial charge < -0.3 is 5.32 Å². The van der Waals surface area contributed by atoms with Gasteiger partial charge in [0.25, 0.3) is 0 Å². The second kappa shape index (κ2) is 4.66. The summed E-state index contributed by atoms with van der Waals surface area (Å²) in [6.45, 7) is 7.15. The van der Waals surface area contributed by atoms with Crippen LogP contribution in [0.4, 0.5) is 0 Å². The van der Waals surface area contributed by atoms with Crippen molar-refractivity contribution in [1.29, 1.82) is 0 Å². The Labute approximate surface area is 67.2 Å². The Morgan fingerprint density at radius 3 is 2.45 bits per heavy atom. The summed E-state index contributed by atoms with van der Waals surface area (Å²) in [7, 11) is 1.61. The first kappa shape index (κ1) is 9.88. The minimum absolute atomic E-state index is 0.0216. The first-order chi connectivity index (χ1) is 5.11. The van der Waals surface area contributed by atoms with Crippen molar-refractivity contribution < 1.29 is 4.79 Å². The normalized spacial score (nSPS) is 11.5. The van der Waals surface area contributed by atoms with Gasteiger partial charge in [-0.1, -0.05) is 20.4 Å². The fraction of sp³-hybridized carbons (Fsp3) is 0.500. The molecule has 3 nitrogen and oxygen atoms in total. The predicted octanol–water partition coefficient (Wildman–Crippen LogP) is 0.973. The Morgan fingerprint density at radius 2 is 2.18 bits per heavy atom.